The first-order valence-corrected chi connectivity index (χ1v) is 10.8. The van der Waals surface area contributed by atoms with E-state index in [1.54, 1.807) is 42.7 Å². The predicted octanol–water partition coefficient (Wildman–Crippen LogP) is 3.22. The minimum absolute atomic E-state index is 0.0110. The van der Waals surface area contributed by atoms with Crippen molar-refractivity contribution in [2.75, 3.05) is 6.61 Å². The number of nitrogens with zero attached hydrogens (tertiary/aromatic N) is 2. The van der Waals surface area contributed by atoms with Crippen LogP contribution in [0.1, 0.15) is 27.3 Å². The number of carbonyl (C=O) groups excluding carboxylic acids is 1. The number of nitro benzene ring substituents is 1. The first kappa shape index (κ1) is 22.2. The highest BCUT2D eigenvalue weighted by Gasteiger charge is 2.20. The lowest BCUT2D eigenvalue weighted by molar-refractivity contribution is -0.385. The second-order valence-corrected chi connectivity index (χ2v) is 8.66. The van der Waals surface area contributed by atoms with Gasteiger partial charge in [-0.1, -0.05) is 6.07 Å². The number of ether oxygens (including phenoxy) is 1. The van der Waals surface area contributed by atoms with E-state index in [9.17, 15) is 23.3 Å². The Hall–Kier alpha value is -3.50. The molecule has 0 aliphatic carbocycles. The third-order valence-corrected chi connectivity index (χ3v) is 5.75. The van der Waals surface area contributed by atoms with Crippen LogP contribution in [0.4, 0.5) is 5.69 Å². The molecule has 10 heteroatoms. The van der Waals surface area contributed by atoms with Crippen LogP contribution in [-0.4, -0.2) is 30.3 Å². The second kappa shape index (κ2) is 8.32. The Bertz CT molecular complexity index is 1280. The van der Waals surface area contributed by atoms with Crippen LogP contribution < -0.4 is 9.88 Å². The zero-order valence-electron chi connectivity index (χ0n) is 17.2. The van der Waals surface area contributed by atoms with E-state index >= 15 is 0 Å². The molecule has 0 aliphatic rings. The van der Waals surface area contributed by atoms with Gasteiger partial charge in [0.15, 0.2) is 12.4 Å². The van der Waals surface area contributed by atoms with E-state index in [4.69, 9.17) is 9.88 Å². The molecule has 0 radical (unpaired) electrons. The molecule has 2 aromatic carbocycles. The summed E-state index contributed by atoms with van der Waals surface area (Å²) in [7, 11) is -3.80. The molecule has 1 heterocycles. The average Bonchev–Trinajstić information content (AvgIpc) is 2.99. The molecule has 3 rings (SSSR count). The van der Waals surface area contributed by atoms with Crippen LogP contribution in [0.3, 0.4) is 0 Å². The van der Waals surface area contributed by atoms with Crippen molar-refractivity contribution in [3.8, 4) is 11.4 Å². The average molecular weight is 443 g/mol. The van der Waals surface area contributed by atoms with Gasteiger partial charge in [-0.3, -0.25) is 14.9 Å². The fraction of sp³-hybridized carbons (Fsp3) is 0.190. The number of hydrogen-bond donors (Lipinski definition) is 1. The maximum Gasteiger partial charge on any atom is 0.310 e. The van der Waals surface area contributed by atoms with Crippen molar-refractivity contribution in [1.82, 2.24) is 4.57 Å². The second-order valence-electron chi connectivity index (χ2n) is 7.10. The minimum atomic E-state index is -3.80. The molecule has 0 spiro atoms. The van der Waals surface area contributed by atoms with Gasteiger partial charge >= 0.3 is 5.69 Å². The zero-order chi connectivity index (χ0) is 22.9. The van der Waals surface area contributed by atoms with Crippen LogP contribution in [0.5, 0.6) is 5.75 Å². The number of hydrogen-bond acceptors (Lipinski definition) is 6. The highest BCUT2D eigenvalue weighted by atomic mass is 32.2. The number of nitro groups is 1. The fourth-order valence-electron chi connectivity index (χ4n) is 3.34. The summed E-state index contributed by atoms with van der Waals surface area (Å²) in [6.07, 6.45) is 0. The van der Waals surface area contributed by atoms with Crippen molar-refractivity contribution < 1.29 is 22.9 Å². The summed E-state index contributed by atoms with van der Waals surface area (Å²) in [6.45, 7) is 4.97. The SMILES string of the molecule is Cc1ccc([N+](=O)[O-])c(OCC(=O)c2cc(C)n(-c3ccc(S(N)(=O)=O)cc3)c2C)c1. The Morgan fingerprint density at radius 3 is 2.32 bits per heavy atom. The number of carbonyl (C=O) groups is 1. The highest BCUT2D eigenvalue weighted by Crippen LogP contribution is 2.28. The molecular weight excluding hydrogens is 422 g/mol. The summed E-state index contributed by atoms with van der Waals surface area (Å²) in [5.74, 6) is -0.304. The van der Waals surface area contributed by atoms with Gasteiger partial charge in [-0.2, -0.15) is 0 Å². The number of benzene rings is 2. The number of aryl methyl sites for hydroxylation is 2. The highest BCUT2D eigenvalue weighted by molar-refractivity contribution is 7.89. The first-order valence-electron chi connectivity index (χ1n) is 9.22. The third-order valence-electron chi connectivity index (χ3n) is 4.83. The summed E-state index contributed by atoms with van der Waals surface area (Å²) in [6, 6.07) is 12.1. The van der Waals surface area contributed by atoms with Crippen molar-refractivity contribution >= 4 is 21.5 Å². The number of sulfonamides is 1. The Kier molecular flexibility index (Phi) is 5.96. The van der Waals surface area contributed by atoms with Gasteiger partial charge in [0.2, 0.25) is 15.8 Å². The van der Waals surface area contributed by atoms with Gasteiger partial charge in [0.05, 0.1) is 9.82 Å². The molecule has 2 N–H and O–H groups in total. The van der Waals surface area contributed by atoms with Crippen LogP contribution in [0.2, 0.25) is 0 Å². The summed E-state index contributed by atoms with van der Waals surface area (Å²) in [5, 5.41) is 16.3. The first-order chi connectivity index (χ1) is 14.5. The van der Waals surface area contributed by atoms with Crippen LogP contribution >= 0.6 is 0 Å². The molecular formula is C21H21N3O6S. The number of Topliss-reactive ketones (excluding diaryl/α,β-unsaturated/α-hetero) is 1. The van der Waals surface area contributed by atoms with Gasteiger partial charge in [-0.05, 0) is 62.7 Å². The van der Waals surface area contributed by atoms with Crippen molar-refractivity contribution in [2.45, 2.75) is 25.7 Å². The molecule has 0 bridgehead atoms. The topological polar surface area (TPSA) is 135 Å². The number of primary sulfonamides is 1. The molecule has 162 valence electrons. The largest absolute Gasteiger partial charge is 0.478 e. The van der Waals surface area contributed by atoms with Gasteiger partial charge in [0.1, 0.15) is 0 Å². The van der Waals surface area contributed by atoms with E-state index in [2.05, 4.69) is 0 Å². The fourth-order valence-corrected chi connectivity index (χ4v) is 3.85. The van der Waals surface area contributed by atoms with Gasteiger partial charge in [0.25, 0.3) is 0 Å². The van der Waals surface area contributed by atoms with Gasteiger partial charge in [-0.15, -0.1) is 0 Å². The molecule has 0 aliphatic heterocycles. The summed E-state index contributed by atoms with van der Waals surface area (Å²) in [4.78, 5) is 23.4. The summed E-state index contributed by atoms with van der Waals surface area (Å²) >= 11 is 0. The Labute approximate surface area is 179 Å². The standard InChI is InChI=1S/C21H21N3O6S/c1-13-4-9-19(24(26)27)21(10-13)30-12-20(25)18-11-14(2)23(15(18)3)16-5-7-17(8-6-16)31(22,28)29/h4-11H,12H2,1-3H3,(H2,22,28,29). The molecule has 0 saturated carbocycles. The lowest BCUT2D eigenvalue weighted by atomic mass is 10.1. The Morgan fingerprint density at radius 2 is 1.74 bits per heavy atom. The maximum absolute atomic E-state index is 12.8. The molecule has 31 heavy (non-hydrogen) atoms. The predicted molar refractivity (Wildman–Crippen MR) is 114 cm³/mol. The smallest absolute Gasteiger partial charge is 0.310 e. The number of aromatic nitrogens is 1. The maximum atomic E-state index is 12.8. The molecule has 0 saturated heterocycles. The zero-order valence-corrected chi connectivity index (χ0v) is 18.0. The van der Waals surface area contributed by atoms with Gasteiger partial charge in [0, 0.05) is 28.7 Å². The monoisotopic (exact) mass is 443 g/mol. The van der Waals surface area contributed by atoms with Crippen LogP contribution in [0.15, 0.2) is 53.4 Å². The van der Waals surface area contributed by atoms with Crippen LogP contribution in [0, 0.1) is 30.9 Å². The van der Waals surface area contributed by atoms with E-state index in [-0.39, 0.29) is 28.7 Å². The van der Waals surface area contributed by atoms with Crippen LogP contribution in [0.25, 0.3) is 5.69 Å². The van der Waals surface area contributed by atoms with E-state index < -0.39 is 14.9 Å². The molecule has 0 fully saturated rings. The van der Waals surface area contributed by atoms with E-state index in [0.29, 0.717) is 16.9 Å². The van der Waals surface area contributed by atoms with Gasteiger partial charge < -0.3 is 9.30 Å². The quantitative estimate of drug-likeness (QED) is 0.338. The molecule has 0 unspecified atom stereocenters. The number of nitrogens with two attached hydrogens (primary N) is 1. The summed E-state index contributed by atoms with van der Waals surface area (Å²) < 4.78 is 30.2. The Morgan fingerprint density at radius 1 is 1.10 bits per heavy atom. The normalized spacial score (nSPS) is 11.4. The molecule has 9 nitrogen and oxygen atoms in total. The van der Waals surface area contributed by atoms with E-state index in [1.807, 2.05) is 6.92 Å². The van der Waals surface area contributed by atoms with Crippen molar-refractivity contribution in [1.29, 1.82) is 0 Å². The Balaban J connectivity index is 1.86. The minimum Gasteiger partial charge on any atom is -0.478 e. The molecule has 0 amide bonds. The van der Waals surface area contributed by atoms with Crippen molar-refractivity contribution in [3.63, 3.8) is 0 Å². The number of rotatable bonds is 7. The molecule has 3 aromatic rings. The van der Waals surface area contributed by atoms with Crippen LogP contribution in [-0.2, 0) is 10.0 Å². The lowest BCUT2D eigenvalue weighted by Gasteiger charge is -2.11. The van der Waals surface area contributed by atoms with E-state index in [1.165, 1.54) is 24.3 Å². The lowest BCUT2D eigenvalue weighted by Crippen LogP contribution is -2.14. The van der Waals surface area contributed by atoms with Gasteiger partial charge in [-0.25, -0.2) is 13.6 Å². The number of ketones is 1. The molecule has 0 atom stereocenters. The van der Waals surface area contributed by atoms with E-state index in [0.717, 1.165) is 11.3 Å². The third kappa shape index (κ3) is 4.65. The van der Waals surface area contributed by atoms with Crippen molar-refractivity contribution in [3.05, 3.63) is 81.2 Å². The van der Waals surface area contributed by atoms with Crippen molar-refractivity contribution in [2.24, 2.45) is 5.14 Å². The molecule has 1 aromatic heterocycles. The summed E-state index contributed by atoms with van der Waals surface area (Å²) in [5.41, 5.74) is 3.02.